The summed E-state index contributed by atoms with van der Waals surface area (Å²) < 4.78 is 22.6. The Morgan fingerprint density at radius 3 is 2.32 bits per heavy atom. The van der Waals surface area contributed by atoms with Crippen molar-refractivity contribution in [3.63, 3.8) is 0 Å². The molecule has 3 rings (SSSR count). The molecule has 7 nitrogen and oxygen atoms in total. The van der Waals surface area contributed by atoms with E-state index in [9.17, 15) is 18.0 Å². The van der Waals surface area contributed by atoms with Crippen molar-refractivity contribution in [1.82, 2.24) is 9.80 Å². The number of rotatable bonds is 6. The maximum Gasteiger partial charge on any atom is 0.265 e. The lowest BCUT2D eigenvalue weighted by atomic mass is 10.1. The van der Waals surface area contributed by atoms with Crippen molar-refractivity contribution in [2.24, 2.45) is 0 Å². The Morgan fingerprint density at radius 1 is 1.07 bits per heavy atom. The van der Waals surface area contributed by atoms with Crippen LogP contribution in [0.1, 0.15) is 20.0 Å². The Hall–Kier alpha value is -2.23. The number of amides is 2. The van der Waals surface area contributed by atoms with Gasteiger partial charge in [0.15, 0.2) is 0 Å². The summed E-state index contributed by atoms with van der Waals surface area (Å²) in [5, 5.41) is 4.66. The van der Waals surface area contributed by atoms with Crippen LogP contribution in [0.5, 0.6) is 0 Å². The molecule has 0 bridgehead atoms. The van der Waals surface area contributed by atoms with Gasteiger partial charge in [-0.3, -0.25) is 14.5 Å². The van der Waals surface area contributed by atoms with E-state index in [1.807, 2.05) is 11.4 Å². The summed E-state index contributed by atoms with van der Waals surface area (Å²) in [5.74, 6) is -0.0854. The third-order valence-corrected chi connectivity index (χ3v) is 6.37. The largest absolute Gasteiger partial charge is 0.336 e. The molecular weight excluding hydrogens is 398 g/mol. The van der Waals surface area contributed by atoms with E-state index in [0.717, 1.165) is 0 Å². The standard InChI is InChI=1S/C19H23N3O4S2/c1-28(25,26)14-12-21-8-10-22(11-9-21)19(24)15-4-6-16(7-5-15)20-18(23)17-3-2-13-27-17/h2-7,13H,8-12,14H2,1H3,(H,20,23). The van der Waals surface area contributed by atoms with E-state index in [1.54, 1.807) is 35.2 Å². The van der Waals surface area contributed by atoms with Gasteiger partial charge in [-0.05, 0) is 35.7 Å². The Bertz CT molecular complexity index is 917. The van der Waals surface area contributed by atoms with Crippen LogP contribution in [0.2, 0.25) is 0 Å². The van der Waals surface area contributed by atoms with Gasteiger partial charge in [-0.25, -0.2) is 8.42 Å². The number of carbonyl (C=O) groups excluding carboxylic acids is 2. The minimum atomic E-state index is -2.98. The van der Waals surface area contributed by atoms with Crippen molar-refractivity contribution >= 4 is 38.7 Å². The van der Waals surface area contributed by atoms with Crippen LogP contribution in [0.4, 0.5) is 5.69 Å². The first-order valence-corrected chi connectivity index (χ1v) is 11.9. The molecule has 1 aliphatic heterocycles. The first-order valence-electron chi connectivity index (χ1n) is 8.96. The van der Waals surface area contributed by atoms with Gasteiger partial charge in [-0.15, -0.1) is 11.3 Å². The average molecular weight is 422 g/mol. The molecule has 0 unspecified atom stereocenters. The van der Waals surface area contributed by atoms with E-state index in [4.69, 9.17) is 0 Å². The van der Waals surface area contributed by atoms with Gasteiger partial charge in [0, 0.05) is 50.2 Å². The number of carbonyl (C=O) groups is 2. The molecule has 1 fully saturated rings. The molecule has 0 saturated carbocycles. The first-order chi connectivity index (χ1) is 13.3. The lowest BCUT2D eigenvalue weighted by Gasteiger charge is -2.34. The number of nitrogens with one attached hydrogen (secondary N) is 1. The molecule has 1 saturated heterocycles. The maximum atomic E-state index is 12.7. The molecule has 150 valence electrons. The summed E-state index contributed by atoms with van der Waals surface area (Å²) in [6.45, 7) is 2.96. The number of hydrogen-bond acceptors (Lipinski definition) is 6. The SMILES string of the molecule is CS(=O)(=O)CCN1CCN(C(=O)c2ccc(NC(=O)c3cccs3)cc2)CC1. The van der Waals surface area contributed by atoms with Gasteiger partial charge in [0.05, 0.1) is 10.6 Å². The number of benzene rings is 1. The Labute approximate surface area is 168 Å². The monoisotopic (exact) mass is 421 g/mol. The minimum absolute atomic E-state index is 0.0566. The van der Waals surface area contributed by atoms with Gasteiger partial charge in [0.2, 0.25) is 0 Å². The molecule has 1 aliphatic rings. The second-order valence-electron chi connectivity index (χ2n) is 6.77. The second kappa shape index (κ2) is 8.85. The van der Waals surface area contributed by atoms with Gasteiger partial charge in [0.1, 0.15) is 9.84 Å². The number of hydrogen-bond donors (Lipinski definition) is 1. The van der Waals surface area contributed by atoms with Gasteiger partial charge < -0.3 is 10.2 Å². The number of nitrogens with zero attached hydrogens (tertiary/aromatic N) is 2. The van der Waals surface area contributed by atoms with Crippen molar-refractivity contribution in [3.8, 4) is 0 Å². The van der Waals surface area contributed by atoms with Crippen molar-refractivity contribution in [2.45, 2.75) is 0 Å². The molecule has 0 spiro atoms. The molecule has 2 heterocycles. The summed E-state index contributed by atoms with van der Waals surface area (Å²) in [4.78, 5) is 29.2. The third-order valence-electron chi connectivity index (χ3n) is 4.57. The van der Waals surface area contributed by atoms with Gasteiger partial charge >= 0.3 is 0 Å². The van der Waals surface area contributed by atoms with E-state index in [2.05, 4.69) is 10.2 Å². The normalized spacial score (nSPS) is 15.4. The quantitative estimate of drug-likeness (QED) is 0.769. The summed E-state index contributed by atoms with van der Waals surface area (Å²) in [7, 11) is -2.98. The molecule has 1 N–H and O–H groups in total. The number of sulfone groups is 1. The highest BCUT2D eigenvalue weighted by molar-refractivity contribution is 7.90. The third kappa shape index (κ3) is 5.63. The zero-order valence-corrected chi connectivity index (χ0v) is 17.3. The maximum absolute atomic E-state index is 12.7. The lowest BCUT2D eigenvalue weighted by Crippen LogP contribution is -2.49. The fourth-order valence-electron chi connectivity index (χ4n) is 2.95. The van der Waals surface area contributed by atoms with E-state index < -0.39 is 9.84 Å². The van der Waals surface area contributed by atoms with Gasteiger partial charge in [-0.2, -0.15) is 0 Å². The smallest absolute Gasteiger partial charge is 0.265 e. The molecule has 1 aromatic heterocycles. The number of thiophene rings is 1. The topological polar surface area (TPSA) is 86.8 Å². The van der Waals surface area contributed by atoms with Crippen molar-refractivity contribution in [3.05, 3.63) is 52.2 Å². The Morgan fingerprint density at radius 2 is 1.75 bits per heavy atom. The van der Waals surface area contributed by atoms with E-state index >= 15 is 0 Å². The fourth-order valence-corrected chi connectivity index (χ4v) is 4.16. The van der Waals surface area contributed by atoms with Crippen LogP contribution < -0.4 is 5.32 Å². The highest BCUT2D eigenvalue weighted by Gasteiger charge is 2.22. The fraction of sp³-hybridized carbons (Fsp3) is 0.368. The molecule has 2 amide bonds. The van der Waals surface area contributed by atoms with Crippen molar-refractivity contribution in [1.29, 1.82) is 0 Å². The van der Waals surface area contributed by atoms with Crippen LogP contribution in [0.3, 0.4) is 0 Å². The summed E-state index contributed by atoms with van der Waals surface area (Å²) >= 11 is 1.37. The highest BCUT2D eigenvalue weighted by atomic mass is 32.2. The Balaban J connectivity index is 1.52. The van der Waals surface area contributed by atoms with Crippen LogP contribution in [0.15, 0.2) is 41.8 Å². The second-order valence-corrected chi connectivity index (χ2v) is 9.98. The molecule has 28 heavy (non-hydrogen) atoms. The Kier molecular flexibility index (Phi) is 6.48. The zero-order chi connectivity index (χ0) is 20.1. The summed E-state index contributed by atoms with van der Waals surface area (Å²) in [5.41, 5.74) is 1.21. The van der Waals surface area contributed by atoms with Crippen LogP contribution in [0, 0.1) is 0 Å². The van der Waals surface area contributed by atoms with Crippen LogP contribution in [-0.4, -0.2) is 74.8 Å². The zero-order valence-electron chi connectivity index (χ0n) is 15.6. The van der Waals surface area contributed by atoms with Crippen LogP contribution in [-0.2, 0) is 9.84 Å². The van der Waals surface area contributed by atoms with Crippen molar-refractivity contribution in [2.75, 3.05) is 50.0 Å². The van der Waals surface area contributed by atoms with Gasteiger partial charge in [0.25, 0.3) is 11.8 Å². The van der Waals surface area contributed by atoms with Gasteiger partial charge in [-0.1, -0.05) is 6.07 Å². The van der Waals surface area contributed by atoms with Crippen LogP contribution >= 0.6 is 11.3 Å². The van der Waals surface area contributed by atoms with E-state index in [-0.39, 0.29) is 17.6 Å². The highest BCUT2D eigenvalue weighted by Crippen LogP contribution is 2.16. The number of anilines is 1. The van der Waals surface area contributed by atoms with E-state index in [0.29, 0.717) is 48.9 Å². The van der Waals surface area contributed by atoms with E-state index in [1.165, 1.54) is 17.6 Å². The lowest BCUT2D eigenvalue weighted by molar-refractivity contribution is 0.0644. The minimum Gasteiger partial charge on any atom is -0.336 e. The predicted octanol–water partition coefficient (Wildman–Crippen LogP) is 1.80. The first kappa shape index (κ1) is 20.5. The molecule has 0 radical (unpaired) electrons. The summed E-state index contributed by atoms with van der Waals surface area (Å²) in [6.07, 6.45) is 1.24. The molecule has 9 heteroatoms. The molecule has 0 aliphatic carbocycles. The predicted molar refractivity (Wildman–Crippen MR) is 111 cm³/mol. The average Bonchev–Trinajstić information content (AvgIpc) is 3.21. The summed E-state index contributed by atoms with van der Waals surface area (Å²) in [6, 6.07) is 10.4. The molecule has 1 aromatic carbocycles. The molecule has 2 aromatic rings. The molecule has 0 atom stereocenters. The molecular formula is C19H23N3O4S2. The number of piperazine rings is 1. The van der Waals surface area contributed by atoms with Crippen LogP contribution in [0.25, 0.3) is 0 Å². The van der Waals surface area contributed by atoms with Crippen molar-refractivity contribution < 1.29 is 18.0 Å².